The zero-order chi connectivity index (χ0) is 13.0. The lowest BCUT2D eigenvalue weighted by atomic mass is 10.1. The first-order valence-electron chi connectivity index (χ1n) is 6.15. The lowest BCUT2D eigenvalue weighted by Gasteiger charge is -2.22. The van der Waals surface area contributed by atoms with E-state index in [0.717, 1.165) is 0 Å². The topological polar surface area (TPSA) is 57.2 Å². The van der Waals surface area contributed by atoms with Crippen molar-refractivity contribution in [3.8, 4) is 0 Å². The normalized spacial score (nSPS) is 12.0. The summed E-state index contributed by atoms with van der Waals surface area (Å²) in [5, 5.41) is 9.90. The van der Waals surface area contributed by atoms with E-state index in [2.05, 4.69) is 0 Å². The van der Waals surface area contributed by atoms with E-state index in [9.17, 15) is 5.11 Å². The van der Waals surface area contributed by atoms with Gasteiger partial charge in [0, 0.05) is 13.2 Å². The van der Waals surface area contributed by atoms with Crippen molar-refractivity contribution in [3.63, 3.8) is 0 Å². The van der Waals surface area contributed by atoms with E-state index in [-0.39, 0.29) is 13.2 Å². The lowest BCUT2D eigenvalue weighted by Crippen LogP contribution is -2.37. The Kier molecular flexibility index (Phi) is 10.8. The molecule has 0 rings (SSSR count). The standard InChI is InChI=1S/C12H26O5/c1-4-14-6-8-16-10-12(3,13)11-17-9-7-15-5-2/h13H,4-11H2,1-3H3. The molecule has 0 aliphatic heterocycles. The molecule has 17 heavy (non-hydrogen) atoms. The molecule has 5 nitrogen and oxygen atoms in total. The van der Waals surface area contributed by atoms with Gasteiger partial charge in [-0.25, -0.2) is 0 Å². The molecule has 0 amide bonds. The minimum Gasteiger partial charge on any atom is -0.385 e. The Morgan fingerprint density at radius 3 is 1.47 bits per heavy atom. The van der Waals surface area contributed by atoms with E-state index in [1.165, 1.54) is 0 Å². The van der Waals surface area contributed by atoms with Crippen molar-refractivity contribution in [2.45, 2.75) is 26.4 Å². The molecule has 0 fully saturated rings. The van der Waals surface area contributed by atoms with Crippen LogP contribution in [0.4, 0.5) is 0 Å². The molecule has 0 radical (unpaired) electrons. The quantitative estimate of drug-likeness (QED) is 0.520. The summed E-state index contributed by atoms with van der Waals surface area (Å²) < 4.78 is 20.8. The van der Waals surface area contributed by atoms with Gasteiger partial charge in [-0.3, -0.25) is 0 Å². The number of aliphatic hydroxyl groups is 1. The van der Waals surface area contributed by atoms with Gasteiger partial charge in [0.25, 0.3) is 0 Å². The second kappa shape index (κ2) is 10.9. The zero-order valence-electron chi connectivity index (χ0n) is 11.2. The van der Waals surface area contributed by atoms with Crippen LogP contribution in [-0.2, 0) is 18.9 Å². The number of ether oxygens (including phenoxy) is 4. The largest absolute Gasteiger partial charge is 0.385 e. The summed E-state index contributed by atoms with van der Waals surface area (Å²) in [5.74, 6) is 0. The molecule has 0 saturated carbocycles. The summed E-state index contributed by atoms with van der Waals surface area (Å²) in [5.41, 5.74) is -0.960. The maximum atomic E-state index is 9.90. The fraction of sp³-hybridized carbons (Fsp3) is 1.00. The first kappa shape index (κ1) is 16.8. The molecule has 104 valence electrons. The highest BCUT2D eigenvalue weighted by molar-refractivity contribution is 4.70. The second-order valence-electron chi connectivity index (χ2n) is 4.00. The van der Waals surface area contributed by atoms with Crippen LogP contribution < -0.4 is 0 Å². The fourth-order valence-corrected chi connectivity index (χ4v) is 1.15. The van der Waals surface area contributed by atoms with Gasteiger partial charge in [0.1, 0.15) is 5.60 Å². The molecule has 0 aromatic carbocycles. The average molecular weight is 250 g/mol. The fourth-order valence-electron chi connectivity index (χ4n) is 1.15. The van der Waals surface area contributed by atoms with Gasteiger partial charge in [0.2, 0.25) is 0 Å². The van der Waals surface area contributed by atoms with Crippen molar-refractivity contribution in [2.24, 2.45) is 0 Å². The van der Waals surface area contributed by atoms with Gasteiger partial charge in [-0.15, -0.1) is 0 Å². The van der Waals surface area contributed by atoms with Gasteiger partial charge in [-0.05, 0) is 20.8 Å². The SMILES string of the molecule is CCOCCOCC(C)(O)COCCOCC. The van der Waals surface area contributed by atoms with Gasteiger partial charge in [0.15, 0.2) is 0 Å². The van der Waals surface area contributed by atoms with Crippen LogP contribution in [-0.4, -0.2) is 63.6 Å². The molecule has 1 N–H and O–H groups in total. The van der Waals surface area contributed by atoms with E-state index >= 15 is 0 Å². The summed E-state index contributed by atoms with van der Waals surface area (Å²) in [7, 11) is 0. The van der Waals surface area contributed by atoms with Crippen LogP contribution in [0.1, 0.15) is 20.8 Å². The third-order valence-corrected chi connectivity index (χ3v) is 1.98. The summed E-state index contributed by atoms with van der Waals surface area (Å²) in [4.78, 5) is 0. The third kappa shape index (κ3) is 12.1. The van der Waals surface area contributed by atoms with Crippen LogP contribution in [0.3, 0.4) is 0 Å². The van der Waals surface area contributed by atoms with Gasteiger partial charge >= 0.3 is 0 Å². The van der Waals surface area contributed by atoms with Gasteiger partial charge in [0.05, 0.1) is 39.6 Å². The molecule has 0 aromatic rings. The Morgan fingerprint density at radius 2 is 1.12 bits per heavy atom. The predicted molar refractivity (Wildman–Crippen MR) is 65.2 cm³/mol. The second-order valence-corrected chi connectivity index (χ2v) is 4.00. The summed E-state index contributed by atoms with van der Waals surface area (Å²) >= 11 is 0. The molecule has 0 unspecified atom stereocenters. The highest BCUT2D eigenvalue weighted by atomic mass is 16.5. The number of hydrogen-bond acceptors (Lipinski definition) is 5. The Bertz CT molecular complexity index is 145. The van der Waals surface area contributed by atoms with Crippen LogP contribution >= 0.6 is 0 Å². The predicted octanol–water partition coefficient (Wildman–Crippen LogP) is 0.844. The van der Waals surface area contributed by atoms with Crippen molar-refractivity contribution >= 4 is 0 Å². The summed E-state index contributed by atoms with van der Waals surface area (Å²) in [6, 6.07) is 0. The molecule has 0 saturated heterocycles. The summed E-state index contributed by atoms with van der Waals surface area (Å²) in [6.45, 7) is 9.49. The smallest absolute Gasteiger partial charge is 0.108 e. The maximum absolute atomic E-state index is 9.90. The highest BCUT2D eigenvalue weighted by Gasteiger charge is 2.20. The van der Waals surface area contributed by atoms with Crippen LogP contribution in [0.5, 0.6) is 0 Å². The van der Waals surface area contributed by atoms with Crippen molar-refractivity contribution in [2.75, 3.05) is 52.9 Å². The Balaban J connectivity index is 3.38. The van der Waals surface area contributed by atoms with Crippen molar-refractivity contribution in [3.05, 3.63) is 0 Å². The van der Waals surface area contributed by atoms with Crippen LogP contribution in [0, 0.1) is 0 Å². The molecule has 0 heterocycles. The van der Waals surface area contributed by atoms with Crippen LogP contribution in [0.25, 0.3) is 0 Å². The zero-order valence-corrected chi connectivity index (χ0v) is 11.2. The monoisotopic (exact) mass is 250 g/mol. The minimum atomic E-state index is -0.960. The van der Waals surface area contributed by atoms with Gasteiger partial charge < -0.3 is 24.1 Å². The summed E-state index contributed by atoms with van der Waals surface area (Å²) in [6.07, 6.45) is 0. The van der Waals surface area contributed by atoms with Crippen molar-refractivity contribution in [1.82, 2.24) is 0 Å². The third-order valence-electron chi connectivity index (χ3n) is 1.98. The first-order valence-corrected chi connectivity index (χ1v) is 6.15. The van der Waals surface area contributed by atoms with E-state index in [4.69, 9.17) is 18.9 Å². The lowest BCUT2D eigenvalue weighted by molar-refractivity contribution is -0.0951. The highest BCUT2D eigenvalue weighted by Crippen LogP contribution is 2.04. The maximum Gasteiger partial charge on any atom is 0.108 e. The van der Waals surface area contributed by atoms with Crippen molar-refractivity contribution in [1.29, 1.82) is 0 Å². The van der Waals surface area contributed by atoms with E-state index in [1.807, 2.05) is 13.8 Å². The van der Waals surface area contributed by atoms with Gasteiger partial charge in [-0.1, -0.05) is 0 Å². The number of hydrogen-bond donors (Lipinski definition) is 1. The number of rotatable bonds is 12. The molecule has 0 aliphatic rings. The Labute approximate surface area is 104 Å². The molecule has 0 spiro atoms. The molecule has 0 atom stereocenters. The molecular weight excluding hydrogens is 224 g/mol. The molecule has 0 aromatic heterocycles. The van der Waals surface area contributed by atoms with E-state index in [0.29, 0.717) is 39.6 Å². The molecule has 0 bridgehead atoms. The van der Waals surface area contributed by atoms with Crippen LogP contribution in [0.15, 0.2) is 0 Å². The Hall–Kier alpha value is -0.200. The van der Waals surface area contributed by atoms with Crippen molar-refractivity contribution < 1.29 is 24.1 Å². The van der Waals surface area contributed by atoms with Gasteiger partial charge in [-0.2, -0.15) is 0 Å². The molecule has 0 aliphatic carbocycles. The minimum absolute atomic E-state index is 0.245. The average Bonchev–Trinajstić information content (AvgIpc) is 2.28. The van der Waals surface area contributed by atoms with Crippen LogP contribution in [0.2, 0.25) is 0 Å². The Morgan fingerprint density at radius 1 is 0.765 bits per heavy atom. The molecule has 5 heteroatoms. The van der Waals surface area contributed by atoms with E-state index < -0.39 is 5.60 Å². The molecular formula is C12H26O5. The van der Waals surface area contributed by atoms with E-state index in [1.54, 1.807) is 6.92 Å². The first-order chi connectivity index (χ1) is 8.12.